The number of nitrogens with one attached hydrogen (secondary N) is 2. The molecule has 0 heterocycles. The van der Waals surface area contributed by atoms with Crippen LogP contribution < -0.4 is 10.6 Å². The van der Waals surface area contributed by atoms with Crippen molar-refractivity contribution < 1.29 is 14.3 Å². The molecule has 0 aliphatic carbocycles. The van der Waals surface area contributed by atoms with Gasteiger partial charge in [-0.15, -0.1) is 0 Å². The van der Waals surface area contributed by atoms with Crippen LogP contribution in [-0.2, 0) is 0 Å². The van der Waals surface area contributed by atoms with E-state index in [0.717, 1.165) is 16.3 Å². The van der Waals surface area contributed by atoms with Gasteiger partial charge >= 0.3 is 6.03 Å². The summed E-state index contributed by atoms with van der Waals surface area (Å²) in [4.78, 5) is 12.1. The highest BCUT2D eigenvalue weighted by molar-refractivity contribution is 5.83. The molecular weight excluding hydrogens is 331 g/mol. The van der Waals surface area contributed by atoms with Crippen LogP contribution in [0, 0.1) is 5.82 Å². The van der Waals surface area contributed by atoms with E-state index in [1.807, 2.05) is 49.4 Å². The van der Waals surface area contributed by atoms with Crippen molar-refractivity contribution >= 4 is 16.8 Å². The van der Waals surface area contributed by atoms with Crippen molar-refractivity contribution in [2.24, 2.45) is 0 Å². The molecule has 2 amide bonds. The van der Waals surface area contributed by atoms with Gasteiger partial charge in [0.1, 0.15) is 5.82 Å². The molecule has 2 atom stereocenters. The lowest BCUT2D eigenvalue weighted by molar-refractivity contribution is 0.172. The number of halogens is 1. The third-order valence-electron chi connectivity index (χ3n) is 4.31. The fraction of sp³-hybridized carbons (Fsp3) is 0.190. The van der Waals surface area contributed by atoms with Crippen LogP contribution in [0.15, 0.2) is 66.7 Å². The number of urea groups is 1. The van der Waals surface area contributed by atoms with Crippen LogP contribution in [0.3, 0.4) is 0 Å². The van der Waals surface area contributed by atoms with Gasteiger partial charge < -0.3 is 15.7 Å². The lowest BCUT2D eigenvalue weighted by Gasteiger charge is -2.17. The molecule has 0 bridgehead atoms. The first-order valence-electron chi connectivity index (χ1n) is 8.49. The van der Waals surface area contributed by atoms with Crippen molar-refractivity contribution in [1.29, 1.82) is 0 Å². The largest absolute Gasteiger partial charge is 0.387 e. The number of hydrogen-bond donors (Lipinski definition) is 3. The molecule has 0 aromatic heterocycles. The van der Waals surface area contributed by atoms with Gasteiger partial charge in [-0.2, -0.15) is 0 Å². The van der Waals surface area contributed by atoms with Crippen LogP contribution >= 0.6 is 0 Å². The second kappa shape index (κ2) is 7.97. The van der Waals surface area contributed by atoms with E-state index >= 15 is 0 Å². The summed E-state index contributed by atoms with van der Waals surface area (Å²) in [6.45, 7) is 1.90. The quantitative estimate of drug-likeness (QED) is 0.648. The minimum atomic E-state index is -0.965. The predicted octanol–water partition coefficient (Wildman–Crippen LogP) is 4.07. The number of aliphatic hydroxyl groups is 1. The average Bonchev–Trinajstić information content (AvgIpc) is 2.65. The molecule has 0 aliphatic rings. The van der Waals surface area contributed by atoms with Crippen molar-refractivity contribution in [2.45, 2.75) is 19.1 Å². The van der Waals surface area contributed by atoms with E-state index in [1.165, 1.54) is 18.2 Å². The molecule has 3 N–H and O–H groups in total. The van der Waals surface area contributed by atoms with E-state index in [1.54, 1.807) is 6.07 Å². The van der Waals surface area contributed by atoms with Crippen LogP contribution in [0.2, 0.25) is 0 Å². The van der Waals surface area contributed by atoms with E-state index in [-0.39, 0.29) is 18.6 Å². The maximum absolute atomic E-state index is 13.2. The highest BCUT2D eigenvalue weighted by Gasteiger charge is 2.13. The number of carbonyl (C=O) groups excluding carboxylic acids is 1. The standard InChI is InChI=1S/C21H21FN2O2/c1-14(16-10-9-15-5-2-3-6-17(15)11-16)24-21(26)23-13-20(25)18-7-4-8-19(22)12-18/h2-12,14,20,25H,13H2,1H3,(H2,23,24,26). The first-order valence-corrected chi connectivity index (χ1v) is 8.49. The summed E-state index contributed by atoms with van der Waals surface area (Å²) in [5, 5.41) is 17.8. The fourth-order valence-corrected chi connectivity index (χ4v) is 2.83. The normalized spacial score (nSPS) is 13.2. The van der Waals surface area contributed by atoms with Gasteiger partial charge in [0.2, 0.25) is 0 Å². The minimum absolute atomic E-state index is 0.000271. The number of amides is 2. The van der Waals surface area contributed by atoms with Crippen molar-refractivity contribution in [3.8, 4) is 0 Å². The van der Waals surface area contributed by atoms with Gasteiger partial charge in [-0.1, -0.05) is 48.5 Å². The molecule has 4 nitrogen and oxygen atoms in total. The summed E-state index contributed by atoms with van der Waals surface area (Å²) in [5.74, 6) is -0.420. The van der Waals surface area contributed by atoms with Crippen molar-refractivity contribution in [3.63, 3.8) is 0 Å². The monoisotopic (exact) mass is 352 g/mol. The van der Waals surface area contributed by atoms with Crippen LogP contribution in [0.1, 0.15) is 30.2 Å². The van der Waals surface area contributed by atoms with Crippen LogP contribution in [0.25, 0.3) is 10.8 Å². The van der Waals surface area contributed by atoms with Crippen molar-refractivity contribution in [3.05, 3.63) is 83.7 Å². The van der Waals surface area contributed by atoms with Gasteiger partial charge in [0.15, 0.2) is 0 Å². The lowest BCUT2D eigenvalue weighted by atomic mass is 10.0. The fourth-order valence-electron chi connectivity index (χ4n) is 2.83. The molecule has 3 aromatic rings. The molecule has 0 saturated carbocycles. The Hall–Kier alpha value is -2.92. The molecule has 5 heteroatoms. The number of aliphatic hydroxyl groups excluding tert-OH is 1. The molecule has 3 aromatic carbocycles. The van der Waals surface area contributed by atoms with E-state index in [9.17, 15) is 14.3 Å². The number of rotatable bonds is 5. The zero-order valence-corrected chi connectivity index (χ0v) is 14.4. The van der Waals surface area contributed by atoms with Crippen LogP contribution in [0.4, 0.5) is 9.18 Å². The zero-order chi connectivity index (χ0) is 18.5. The summed E-state index contributed by atoms with van der Waals surface area (Å²) in [7, 11) is 0. The number of carbonyl (C=O) groups is 1. The Morgan fingerprint density at radius 1 is 1.00 bits per heavy atom. The predicted molar refractivity (Wildman–Crippen MR) is 100 cm³/mol. The summed E-state index contributed by atoms with van der Waals surface area (Å²) in [5.41, 5.74) is 1.41. The molecule has 0 fully saturated rings. The van der Waals surface area contributed by atoms with Crippen LogP contribution in [-0.4, -0.2) is 17.7 Å². The lowest BCUT2D eigenvalue weighted by Crippen LogP contribution is -2.39. The Balaban J connectivity index is 1.56. The van der Waals surface area contributed by atoms with Crippen molar-refractivity contribution in [1.82, 2.24) is 10.6 Å². The first kappa shape index (κ1) is 17.9. The molecule has 26 heavy (non-hydrogen) atoms. The summed E-state index contributed by atoms with van der Waals surface area (Å²) in [6, 6.07) is 19.2. The smallest absolute Gasteiger partial charge is 0.315 e. The van der Waals surface area contributed by atoms with Crippen LogP contribution in [0.5, 0.6) is 0 Å². The molecule has 0 aliphatic heterocycles. The van der Waals surface area contributed by atoms with Gasteiger partial charge in [0.05, 0.1) is 12.1 Å². The van der Waals surface area contributed by atoms with Crippen molar-refractivity contribution in [2.75, 3.05) is 6.54 Å². The molecule has 134 valence electrons. The topological polar surface area (TPSA) is 61.4 Å². The highest BCUT2D eigenvalue weighted by Crippen LogP contribution is 2.20. The van der Waals surface area contributed by atoms with E-state index in [2.05, 4.69) is 10.6 Å². The third kappa shape index (κ3) is 4.37. The Morgan fingerprint density at radius 3 is 2.54 bits per heavy atom. The molecular formula is C21H21FN2O2. The number of benzene rings is 3. The second-order valence-electron chi connectivity index (χ2n) is 6.25. The van der Waals surface area contributed by atoms with E-state index in [4.69, 9.17) is 0 Å². The van der Waals surface area contributed by atoms with Gasteiger partial charge in [0, 0.05) is 6.54 Å². The maximum atomic E-state index is 13.2. The zero-order valence-electron chi connectivity index (χ0n) is 14.4. The maximum Gasteiger partial charge on any atom is 0.315 e. The summed E-state index contributed by atoms with van der Waals surface area (Å²) < 4.78 is 13.2. The highest BCUT2D eigenvalue weighted by atomic mass is 19.1. The van der Waals surface area contributed by atoms with Gasteiger partial charge in [-0.3, -0.25) is 0 Å². The summed E-state index contributed by atoms with van der Waals surface area (Å²) in [6.07, 6.45) is -0.965. The number of hydrogen-bond acceptors (Lipinski definition) is 2. The Labute approximate surface area is 151 Å². The van der Waals surface area contributed by atoms with E-state index in [0.29, 0.717) is 5.56 Å². The van der Waals surface area contributed by atoms with Gasteiger partial charge in [0.25, 0.3) is 0 Å². The van der Waals surface area contributed by atoms with E-state index < -0.39 is 11.9 Å². The van der Waals surface area contributed by atoms with Gasteiger partial charge in [-0.05, 0) is 47.0 Å². The Morgan fingerprint density at radius 2 is 1.77 bits per heavy atom. The molecule has 0 saturated heterocycles. The average molecular weight is 352 g/mol. The SMILES string of the molecule is CC(NC(=O)NCC(O)c1cccc(F)c1)c1ccc2ccccc2c1. The number of fused-ring (bicyclic) bond motifs is 1. The molecule has 0 radical (unpaired) electrons. The summed E-state index contributed by atoms with van der Waals surface area (Å²) >= 11 is 0. The third-order valence-corrected chi connectivity index (χ3v) is 4.31. The minimum Gasteiger partial charge on any atom is -0.387 e. The Kier molecular flexibility index (Phi) is 5.49. The molecule has 0 spiro atoms. The Bertz CT molecular complexity index is 913. The van der Waals surface area contributed by atoms with Gasteiger partial charge in [-0.25, -0.2) is 9.18 Å². The molecule has 2 unspecified atom stereocenters. The molecule has 3 rings (SSSR count). The second-order valence-corrected chi connectivity index (χ2v) is 6.25. The first-order chi connectivity index (χ1) is 12.5.